The molecule has 0 unspecified atom stereocenters. The topological polar surface area (TPSA) is 67.1 Å². The zero-order chi connectivity index (χ0) is 17.2. The molecule has 2 aromatic rings. The van der Waals surface area contributed by atoms with Crippen LogP contribution in [0.3, 0.4) is 0 Å². The van der Waals surface area contributed by atoms with Crippen LogP contribution in [0.1, 0.15) is 37.0 Å². The third kappa shape index (κ3) is 7.41. The van der Waals surface area contributed by atoms with Gasteiger partial charge in [0.25, 0.3) is 0 Å². The lowest BCUT2D eigenvalue weighted by atomic mass is 10.1. The number of aryl methyl sites for hydroxylation is 1. The molecule has 6 nitrogen and oxygen atoms in total. The Bertz CT molecular complexity index is 638. The maximum atomic E-state index is 4.64. The molecule has 0 aliphatic carbocycles. The number of hydrogen-bond acceptors (Lipinski definition) is 3. The molecule has 0 atom stereocenters. The first-order valence-electron chi connectivity index (χ1n) is 8.61. The minimum Gasteiger partial charge on any atom is -0.356 e. The molecule has 25 heavy (non-hydrogen) atoms. The Kier molecular flexibility index (Phi) is 10.1. The second kappa shape index (κ2) is 11.8. The molecule has 0 amide bonds. The Hall–Kier alpha value is -1.64. The normalized spacial score (nSPS) is 11.1. The fraction of sp³-hybridized carbons (Fsp3) is 0.500. The number of unbranched alkanes of at least 4 members (excludes halogenated alkanes) is 1. The number of halogens is 1. The number of nitrogens with zero attached hydrogens (tertiary/aromatic N) is 4. The zero-order valence-corrected chi connectivity index (χ0v) is 17.7. The molecule has 0 radical (unpaired) electrons. The average Bonchev–Trinajstić information content (AvgIpc) is 2.92. The van der Waals surface area contributed by atoms with Crippen molar-refractivity contribution in [2.45, 2.75) is 39.7 Å². The van der Waals surface area contributed by atoms with Crippen LogP contribution in [-0.2, 0) is 20.0 Å². The van der Waals surface area contributed by atoms with Gasteiger partial charge < -0.3 is 15.2 Å². The molecule has 7 heteroatoms. The Balaban J connectivity index is 0.00000312. The molecule has 1 aromatic heterocycles. The summed E-state index contributed by atoms with van der Waals surface area (Å²) >= 11 is 0. The lowest BCUT2D eigenvalue weighted by Gasteiger charge is -2.12. The van der Waals surface area contributed by atoms with E-state index < -0.39 is 0 Å². The summed E-state index contributed by atoms with van der Waals surface area (Å²) < 4.78 is 1.97. The smallest absolute Gasteiger partial charge is 0.191 e. The molecule has 138 valence electrons. The van der Waals surface area contributed by atoms with Gasteiger partial charge in [-0.25, -0.2) is 4.99 Å². The highest BCUT2D eigenvalue weighted by molar-refractivity contribution is 14.0. The Morgan fingerprint density at radius 2 is 1.84 bits per heavy atom. The van der Waals surface area contributed by atoms with Gasteiger partial charge in [-0.3, -0.25) is 0 Å². The van der Waals surface area contributed by atoms with Crippen molar-refractivity contribution in [2.75, 3.05) is 13.1 Å². The Labute approximate surface area is 167 Å². The van der Waals surface area contributed by atoms with E-state index in [0.717, 1.165) is 50.0 Å². The lowest BCUT2D eigenvalue weighted by molar-refractivity contribution is 0.714. The predicted molar refractivity (Wildman–Crippen MR) is 113 cm³/mol. The molecule has 0 fully saturated rings. The second-order valence-electron chi connectivity index (χ2n) is 5.83. The van der Waals surface area contributed by atoms with Crippen LogP contribution in [0, 0.1) is 6.92 Å². The molecule has 2 N–H and O–H groups in total. The maximum absolute atomic E-state index is 4.64. The van der Waals surface area contributed by atoms with Crippen molar-refractivity contribution in [3.05, 3.63) is 47.5 Å². The van der Waals surface area contributed by atoms with Gasteiger partial charge in [0.1, 0.15) is 12.4 Å². The SMILES string of the molecule is CCCCNC(=NCc1nnc(C)n1C)NCCc1ccccc1.I. The molecular formula is C18H29IN6. The average molecular weight is 456 g/mol. The van der Waals surface area contributed by atoms with Crippen molar-refractivity contribution in [3.8, 4) is 0 Å². The highest BCUT2D eigenvalue weighted by Gasteiger charge is 2.05. The summed E-state index contributed by atoms with van der Waals surface area (Å²) in [4.78, 5) is 4.64. The van der Waals surface area contributed by atoms with E-state index in [1.807, 2.05) is 24.6 Å². The van der Waals surface area contributed by atoms with Gasteiger partial charge in [-0.2, -0.15) is 0 Å². The minimum absolute atomic E-state index is 0. The molecule has 1 aromatic carbocycles. The van der Waals surface area contributed by atoms with E-state index in [0.29, 0.717) is 6.54 Å². The molecule has 0 saturated carbocycles. The molecule has 0 bridgehead atoms. The van der Waals surface area contributed by atoms with Gasteiger partial charge in [0.15, 0.2) is 11.8 Å². The Morgan fingerprint density at radius 1 is 1.12 bits per heavy atom. The highest BCUT2D eigenvalue weighted by Crippen LogP contribution is 2.00. The van der Waals surface area contributed by atoms with E-state index in [4.69, 9.17) is 0 Å². The van der Waals surface area contributed by atoms with E-state index in [9.17, 15) is 0 Å². The van der Waals surface area contributed by atoms with E-state index in [1.54, 1.807) is 0 Å². The van der Waals surface area contributed by atoms with Crippen molar-refractivity contribution in [3.63, 3.8) is 0 Å². The van der Waals surface area contributed by atoms with E-state index in [2.05, 4.69) is 57.0 Å². The predicted octanol–water partition coefficient (Wildman–Crippen LogP) is 2.82. The molecule has 0 aliphatic heterocycles. The molecule has 0 spiro atoms. The summed E-state index contributed by atoms with van der Waals surface area (Å²) in [6.07, 6.45) is 3.26. The monoisotopic (exact) mass is 456 g/mol. The minimum atomic E-state index is 0. The fourth-order valence-corrected chi connectivity index (χ4v) is 2.27. The fourth-order valence-electron chi connectivity index (χ4n) is 2.27. The third-order valence-corrected chi connectivity index (χ3v) is 3.93. The van der Waals surface area contributed by atoms with Gasteiger partial charge in [-0.05, 0) is 25.3 Å². The van der Waals surface area contributed by atoms with Crippen molar-refractivity contribution in [2.24, 2.45) is 12.0 Å². The van der Waals surface area contributed by atoms with Crippen molar-refractivity contribution >= 4 is 29.9 Å². The molecule has 0 aliphatic rings. The molecule has 0 saturated heterocycles. The van der Waals surface area contributed by atoms with Crippen LogP contribution < -0.4 is 10.6 Å². The highest BCUT2D eigenvalue weighted by atomic mass is 127. The quantitative estimate of drug-likeness (QED) is 0.278. The van der Waals surface area contributed by atoms with Gasteiger partial charge in [0.05, 0.1) is 0 Å². The molecule has 2 rings (SSSR count). The van der Waals surface area contributed by atoms with Gasteiger partial charge in [-0.15, -0.1) is 34.2 Å². The van der Waals surface area contributed by atoms with E-state index in [1.165, 1.54) is 5.56 Å². The van der Waals surface area contributed by atoms with Gasteiger partial charge in [0, 0.05) is 20.1 Å². The summed E-state index contributed by atoms with van der Waals surface area (Å²) in [6, 6.07) is 10.5. The standard InChI is InChI=1S/C18H28N6.HI/c1-4-5-12-19-18(20-13-11-16-9-7-6-8-10-16)21-14-17-23-22-15(2)24(17)3;/h6-10H,4-5,11-14H2,1-3H3,(H2,19,20,21);1H. The number of aromatic nitrogens is 3. The van der Waals surface area contributed by atoms with Crippen LogP contribution >= 0.6 is 24.0 Å². The number of guanidine groups is 1. The van der Waals surface area contributed by atoms with Gasteiger partial charge in [0.2, 0.25) is 0 Å². The molecular weight excluding hydrogens is 427 g/mol. The summed E-state index contributed by atoms with van der Waals surface area (Å²) in [5, 5.41) is 15.0. The van der Waals surface area contributed by atoms with Crippen LogP contribution in [-0.4, -0.2) is 33.8 Å². The summed E-state index contributed by atoms with van der Waals surface area (Å²) in [7, 11) is 1.97. The first kappa shape index (κ1) is 21.4. The number of benzene rings is 1. The Morgan fingerprint density at radius 3 is 2.48 bits per heavy atom. The first-order valence-corrected chi connectivity index (χ1v) is 8.61. The summed E-state index contributed by atoms with van der Waals surface area (Å²) in [5.74, 6) is 2.60. The zero-order valence-electron chi connectivity index (χ0n) is 15.3. The van der Waals surface area contributed by atoms with Gasteiger partial charge >= 0.3 is 0 Å². The second-order valence-corrected chi connectivity index (χ2v) is 5.83. The number of aliphatic imine (C=N–C) groups is 1. The first-order chi connectivity index (χ1) is 11.7. The van der Waals surface area contributed by atoms with Crippen LogP contribution in [0.5, 0.6) is 0 Å². The summed E-state index contributed by atoms with van der Waals surface area (Å²) in [6.45, 7) is 6.41. The third-order valence-electron chi connectivity index (χ3n) is 3.93. The van der Waals surface area contributed by atoms with E-state index in [-0.39, 0.29) is 24.0 Å². The van der Waals surface area contributed by atoms with E-state index >= 15 is 0 Å². The maximum Gasteiger partial charge on any atom is 0.191 e. The lowest BCUT2D eigenvalue weighted by Crippen LogP contribution is -2.39. The summed E-state index contributed by atoms with van der Waals surface area (Å²) in [5.41, 5.74) is 1.32. The number of hydrogen-bond donors (Lipinski definition) is 2. The van der Waals surface area contributed by atoms with Crippen molar-refractivity contribution < 1.29 is 0 Å². The van der Waals surface area contributed by atoms with Crippen LogP contribution in [0.2, 0.25) is 0 Å². The number of nitrogens with one attached hydrogen (secondary N) is 2. The van der Waals surface area contributed by atoms with Crippen LogP contribution in [0.15, 0.2) is 35.3 Å². The molecule has 1 heterocycles. The van der Waals surface area contributed by atoms with Crippen molar-refractivity contribution in [1.29, 1.82) is 0 Å². The van der Waals surface area contributed by atoms with Crippen LogP contribution in [0.4, 0.5) is 0 Å². The van der Waals surface area contributed by atoms with Crippen LogP contribution in [0.25, 0.3) is 0 Å². The largest absolute Gasteiger partial charge is 0.356 e. The van der Waals surface area contributed by atoms with Gasteiger partial charge in [-0.1, -0.05) is 43.7 Å². The van der Waals surface area contributed by atoms with Crippen molar-refractivity contribution in [1.82, 2.24) is 25.4 Å². The number of rotatable bonds is 8.